The third-order valence-corrected chi connectivity index (χ3v) is 20.1. The van der Waals surface area contributed by atoms with Crippen molar-refractivity contribution in [2.24, 2.45) is 11.8 Å². The van der Waals surface area contributed by atoms with Crippen LogP contribution < -0.4 is 14.5 Å². The number of ketones is 1. The summed E-state index contributed by atoms with van der Waals surface area (Å²) in [6, 6.07) is 3.50. The van der Waals surface area contributed by atoms with Crippen molar-refractivity contribution in [2.75, 3.05) is 25.6 Å². The van der Waals surface area contributed by atoms with Crippen LogP contribution in [0.15, 0.2) is 24.8 Å². The van der Waals surface area contributed by atoms with E-state index in [9.17, 15) is 9.59 Å². The van der Waals surface area contributed by atoms with Gasteiger partial charge in [0.15, 0.2) is 19.9 Å². The Hall–Kier alpha value is -2.11. The summed E-state index contributed by atoms with van der Waals surface area (Å²) in [5.74, 6) is 0.943. The number of nitrogens with one attached hydrogen (secondary N) is 1. The molecule has 1 aliphatic carbocycles. The number of benzene rings is 1. The van der Waals surface area contributed by atoms with Crippen LogP contribution in [0.2, 0.25) is 34.8 Å². The molecule has 1 saturated carbocycles. The van der Waals surface area contributed by atoms with Gasteiger partial charge in [0.1, 0.15) is 12.4 Å². The summed E-state index contributed by atoms with van der Waals surface area (Å²) in [6.07, 6.45) is 3.56. The first-order valence-electron chi connectivity index (χ1n) is 15.6. The number of Topliss-reactive ketones (excluding diaryl/α,β-unsaturated/α-hetero) is 1. The molecule has 42 heavy (non-hydrogen) atoms. The van der Waals surface area contributed by atoms with Crippen LogP contribution in [0.1, 0.15) is 91.9 Å². The summed E-state index contributed by atoms with van der Waals surface area (Å²) in [6.45, 7) is 28.7. The molecule has 9 heteroatoms. The molecule has 2 rings (SSSR count). The quantitative estimate of drug-likeness (QED) is 0.127. The van der Waals surface area contributed by atoms with E-state index in [1.54, 1.807) is 19.2 Å². The molecule has 0 spiro atoms. The molecule has 1 aromatic carbocycles. The van der Waals surface area contributed by atoms with Crippen molar-refractivity contribution in [3.8, 4) is 11.5 Å². The largest absolute Gasteiger partial charge is 0.540 e. The number of ether oxygens (including phenoxy) is 2. The van der Waals surface area contributed by atoms with Crippen LogP contribution in [0.3, 0.4) is 0 Å². The number of hydrogen-bond acceptors (Lipinski definition) is 6. The van der Waals surface area contributed by atoms with E-state index in [4.69, 9.17) is 18.3 Å². The lowest BCUT2D eigenvalue weighted by atomic mass is 9.88. The molecule has 0 bridgehead atoms. The van der Waals surface area contributed by atoms with E-state index < -0.39 is 22.7 Å². The molecule has 0 saturated heterocycles. The van der Waals surface area contributed by atoms with Crippen molar-refractivity contribution in [3.63, 3.8) is 0 Å². The Morgan fingerprint density at radius 3 is 2.12 bits per heavy atom. The van der Waals surface area contributed by atoms with Gasteiger partial charge in [-0.3, -0.25) is 10.1 Å². The van der Waals surface area contributed by atoms with Gasteiger partial charge in [-0.25, -0.2) is 4.79 Å². The van der Waals surface area contributed by atoms with Gasteiger partial charge in [-0.1, -0.05) is 81.4 Å². The van der Waals surface area contributed by atoms with Gasteiger partial charge in [0.05, 0.1) is 12.8 Å². The van der Waals surface area contributed by atoms with E-state index in [1.807, 2.05) is 0 Å². The minimum atomic E-state index is -2.36. The smallest absolute Gasteiger partial charge is 0.411 e. The van der Waals surface area contributed by atoms with E-state index in [0.717, 1.165) is 19.3 Å². The fraction of sp³-hybridized carbons (Fsp3) is 0.697. The average Bonchev–Trinajstić information content (AvgIpc) is 3.36. The summed E-state index contributed by atoms with van der Waals surface area (Å²) < 4.78 is 24.6. The van der Waals surface area contributed by atoms with Gasteiger partial charge in [-0.15, -0.1) is 0 Å². The fourth-order valence-electron chi connectivity index (χ4n) is 6.24. The zero-order valence-electron chi connectivity index (χ0n) is 28.3. The third-order valence-electron chi connectivity index (χ3n) is 9.59. The molecule has 0 aromatic heterocycles. The van der Waals surface area contributed by atoms with E-state index in [0.29, 0.717) is 46.0 Å². The van der Waals surface area contributed by atoms with Gasteiger partial charge in [0.25, 0.3) is 8.32 Å². The number of anilines is 1. The summed E-state index contributed by atoms with van der Waals surface area (Å²) in [4.78, 5) is 27.0. The maximum Gasteiger partial charge on any atom is 0.411 e. The predicted octanol–water partition coefficient (Wildman–Crippen LogP) is 9.60. The summed E-state index contributed by atoms with van der Waals surface area (Å²) in [5.41, 5.74) is 1.78. The average molecular weight is 620 g/mol. The van der Waals surface area contributed by atoms with Gasteiger partial charge >= 0.3 is 6.09 Å². The lowest BCUT2D eigenvalue weighted by molar-refractivity contribution is 0.0856. The molecule has 1 unspecified atom stereocenters. The van der Waals surface area contributed by atoms with Crippen molar-refractivity contribution in [3.05, 3.63) is 30.4 Å². The second-order valence-electron chi connectivity index (χ2n) is 14.2. The summed E-state index contributed by atoms with van der Waals surface area (Å²) >= 11 is 0. The Morgan fingerprint density at radius 1 is 1.02 bits per heavy atom. The highest BCUT2D eigenvalue weighted by Crippen LogP contribution is 2.47. The van der Waals surface area contributed by atoms with Crippen molar-refractivity contribution in [2.45, 2.75) is 116 Å². The van der Waals surface area contributed by atoms with Crippen molar-refractivity contribution < 1.29 is 27.9 Å². The first kappa shape index (κ1) is 36.1. The Bertz CT molecular complexity index is 1070. The molecule has 1 aliphatic rings. The second kappa shape index (κ2) is 14.6. The molecule has 0 radical (unpaired) electrons. The Morgan fingerprint density at radius 2 is 1.62 bits per heavy atom. The van der Waals surface area contributed by atoms with Crippen LogP contribution in [-0.4, -0.2) is 48.8 Å². The fourth-order valence-corrected chi connectivity index (χ4v) is 12.6. The topological polar surface area (TPSA) is 83.1 Å². The van der Waals surface area contributed by atoms with Gasteiger partial charge in [-0.05, 0) is 59.6 Å². The Kier molecular flexibility index (Phi) is 12.5. The maximum absolute atomic E-state index is 14.2. The minimum Gasteiger partial charge on any atom is -0.540 e. The standard InChI is InChI=1S/C33H57NO6Si2/c1-14-18-38-32(36)34-28-20-30(40-42(22(2)3,23(4)5)24(6)7)29(37-11)19-27(28)31(35)26-17-15-16-25(26)21-39-41(12,13)33(8,9)10/h14,19-20,22-26H,1,15-18,21H2,2-13H3,(H,34,36)/t25-,26?/m0/s1. The number of amides is 1. The number of carbonyl (C=O) groups excluding carboxylic acids is 2. The molecule has 1 N–H and O–H groups in total. The molecular formula is C33H57NO6Si2. The zero-order chi connectivity index (χ0) is 32.0. The van der Waals surface area contributed by atoms with E-state index in [-0.39, 0.29) is 29.3 Å². The van der Waals surface area contributed by atoms with Gasteiger partial charge in [-0.2, -0.15) is 0 Å². The van der Waals surface area contributed by atoms with Crippen LogP contribution in [0.5, 0.6) is 11.5 Å². The van der Waals surface area contributed by atoms with E-state index in [2.05, 4.69) is 87.3 Å². The molecule has 238 valence electrons. The number of methoxy groups -OCH3 is 1. The molecule has 1 fully saturated rings. The predicted molar refractivity (Wildman–Crippen MR) is 178 cm³/mol. The highest BCUT2D eigenvalue weighted by Gasteiger charge is 2.48. The normalized spacial score (nSPS) is 18.0. The van der Waals surface area contributed by atoms with Crippen LogP contribution in [-0.2, 0) is 9.16 Å². The first-order chi connectivity index (χ1) is 19.4. The lowest BCUT2D eigenvalue weighted by Crippen LogP contribution is -2.50. The Balaban J connectivity index is 2.56. The van der Waals surface area contributed by atoms with Crippen LogP contribution in [0, 0.1) is 11.8 Å². The number of carbonyl (C=O) groups is 2. The minimum absolute atomic E-state index is 0.0136. The van der Waals surface area contributed by atoms with E-state index >= 15 is 0 Å². The lowest BCUT2D eigenvalue weighted by Gasteiger charge is -2.42. The van der Waals surface area contributed by atoms with Crippen molar-refractivity contribution >= 4 is 34.2 Å². The maximum atomic E-state index is 14.2. The van der Waals surface area contributed by atoms with E-state index in [1.165, 1.54) is 6.08 Å². The molecule has 1 aromatic rings. The third kappa shape index (κ3) is 8.08. The molecule has 0 aliphatic heterocycles. The van der Waals surface area contributed by atoms with Crippen molar-refractivity contribution in [1.29, 1.82) is 0 Å². The van der Waals surface area contributed by atoms with Gasteiger partial charge in [0, 0.05) is 24.2 Å². The highest BCUT2D eigenvalue weighted by atomic mass is 28.4. The summed E-state index contributed by atoms with van der Waals surface area (Å²) in [5, 5.41) is 2.93. The van der Waals surface area contributed by atoms with Gasteiger partial charge < -0.3 is 18.3 Å². The molecule has 0 heterocycles. The van der Waals surface area contributed by atoms with Crippen molar-refractivity contribution in [1.82, 2.24) is 0 Å². The monoisotopic (exact) mass is 619 g/mol. The number of hydrogen-bond donors (Lipinski definition) is 1. The van der Waals surface area contributed by atoms with Crippen LogP contribution in [0.4, 0.5) is 10.5 Å². The summed E-state index contributed by atoms with van der Waals surface area (Å²) in [7, 11) is -2.73. The first-order valence-corrected chi connectivity index (χ1v) is 20.6. The van der Waals surface area contributed by atoms with Gasteiger partial charge in [0.2, 0.25) is 0 Å². The molecule has 7 nitrogen and oxygen atoms in total. The zero-order valence-corrected chi connectivity index (χ0v) is 30.3. The molecule has 1 amide bonds. The van der Waals surface area contributed by atoms with Crippen LogP contribution >= 0.6 is 0 Å². The Labute approximate surface area is 257 Å². The molecule has 2 atom stereocenters. The molecular weight excluding hydrogens is 563 g/mol. The second-order valence-corrected chi connectivity index (χ2v) is 24.4. The van der Waals surface area contributed by atoms with Crippen LogP contribution in [0.25, 0.3) is 0 Å². The number of rotatable bonds is 14. The highest BCUT2D eigenvalue weighted by molar-refractivity contribution is 6.78. The SMILES string of the molecule is C=CCOC(=O)Nc1cc(O[Si](C(C)C)(C(C)C)C(C)C)c(OC)cc1C(=O)C1CCC[C@H]1CO[Si](C)(C)C(C)(C)C.